The van der Waals surface area contributed by atoms with Crippen LogP contribution in [0.2, 0.25) is 0 Å². The van der Waals surface area contributed by atoms with Gasteiger partial charge < -0.3 is 9.88 Å². The molecule has 1 saturated heterocycles. The number of nitrogens with zero attached hydrogens (tertiary/aromatic N) is 3. The van der Waals surface area contributed by atoms with Crippen molar-refractivity contribution in [2.45, 2.75) is 39.4 Å². The Labute approximate surface area is 182 Å². The van der Waals surface area contributed by atoms with Gasteiger partial charge in [-0.15, -0.1) is 0 Å². The summed E-state index contributed by atoms with van der Waals surface area (Å²) in [5.74, 6) is 0.890. The van der Waals surface area contributed by atoms with Gasteiger partial charge in [0, 0.05) is 38.6 Å². The fourth-order valence-corrected chi connectivity index (χ4v) is 4.12. The number of piperidine rings is 1. The minimum atomic E-state index is -0.218. The van der Waals surface area contributed by atoms with Gasteiger partial charge in [-0.25, -0.2) is 9.37 Å². The van der Waals surface area contributed by atoms with Crippen LogP contribution < -0.4 is 5.32 Å². The monoisotopic (exact) mass is 420 g/mol. The molecule has 1 N–H and O–H groups in total. The maximum atomic E-state index is 13.1. The van der Waals surface area contributed by atoms with Crippen molar-refractivity contribution in [3.8, 4) is 0 Å². The number of halogens is 1. The zero-order valence-corrected chi connectivity index (χ0v) is 17.9. The molecule has 0 radical (unpaired) electrons. The highest BCUT2D eigenvalue weighted by Crippen LogP contribution is 2.19. The van der Waals surface area contributed by atoms with Gasteiger partial charge >= 0.3 is 0 Å². The number of carbonyl (C=O) groups excluding carboxylic acids is 1. The molecule has 6 heteroatoms. The van der Waals surface area contributed by atoms with Gasteiger partial charge in [-0.2, -0.15) is 0 Å². The van der Waals surface area contributed by atoms with Crippen molar-refractivity contribution in [2.24, 2.45) is 5.92 Å². The van der Waals surface area contributed by atoms with Gasteiger partial charge in [0.25, 0.3) is 0 Å². The van der Waals surface area contributed by atoms with Crippen molar-refractivity contribution < 1.29 is 9.18 Å². The molecule has 0 saturated carbocycles. The number of aromatic nitrogens is 2. The maximum Gasteiger partial charge on any atom is 0.224 e. The molecule has 2 heterocycles. The number of benzene rings is 2. The van der Waals surface area contributed by atoms with E-state index in [4.69, 9.17) is 0 Å². The Morgan fingerprint density at radius 3 is 2.45 bits per heavy atom. The van der Waals surface area contributed by atoms with Gasteiger partial charge in [-0.05, 0) is 55.1 Å². The smallest absolute Gasteiger partial charge is 0.224 e. The average molecular weight is 421 g/mol. The standard InChI is InChI=1S/C25H29FN4O/c1-19-27-12-14-30(19)17-22-6-4-20(5-7-22)15-28-25(31)23-3-2-13-29(18-23)16-21-8-10-24(26)11-9-21/h4-12,14,23H,2-3,13,15-18H2,1H3,(H,28,31). The fraction of sp³-hybridized carbons (Fsp3) is 0.360. The van der Waals surface area contributed by atoms with Crippen LogP contribution in [0.15, 0.2) is 60.9 Å². The van der Waals surface area contributed by atoms with Crippen LogP contribution in [-0.4, -0.2) is 33.4 Å². The zero-order chi connectivity index (χ0) is 21.6. The molecule has 1 atom stereocenters. The highest BCUT2D eigenvalue weighted by Gasteiger charge is 2.25. The lowest BCUT2D eigenvalue weighted by atomic mass is 9.96. The summed E-state index contributed by atoms with van der Waals surface area (Å²) in [4.78, 5) is 19.3. The summed E-state index contributed by atoms with van der Waals surface area (Å²) in [6.45, 7) is 5.80. The van der Waals surface area contributed by atoms with E-state index in [1.54, 1.807) is 0 Å². The van der Waals surface area contributed by atoms with Crippen LogP contribution in [-0.2, 0) is 24.4 Å². The van der Waals surface area contributed by atoms with Gasteiger partial charge in [-0.1, -0.05) is 36.4 Å². The molecule has 4 rings (SSSR count). The average Bonchev–Trinajstić information content (AvgIpc) is 3.19. The molecule has 5 nitrogen and oxygen atoms in total. The lowest BCUT2D eigenvalue weighted by Crippen LogP contribution is -2.42. The molecule has 0 aliphatic carbocycles. The molecule has 1 unspecified atom stereocenters. The lowest BCUT2D eigenvalue weighted by molar-refractivity contribution is -0.126. The predicted molar refractivity (Wildman–Crippen MR) is 119 cm³/mol. The molecular formula is C25H29FN4O. The normalized spacial score (nSPS) is 16.9. The maximum absolute atomic E-state index is 13.1. The highest BCUT2D eigenvalue weighted by atomic mass is 19.1. The Morgan fingerprint density at radius 1 is 1.06 bits per heavy atom. The number of amides is 1. The molecule has 1 aromatic heterocycles. The second-order valence-electron chi connectivity index (χ2n) is 8.34. The van der Waals surface area contributed by atoms with Crippen molar-refractivity contribution in [2.75, 3.05) is 13.1 Å². The van der Waals surface area contributed by atoms with Crippen molar-refractivity contribution in [3.63, 3.8) is 0 Å². The largest absolute Gasteiger partial charge is 0.352 e. The van der Waals surface area contributed by atoms with Crippen molar-refractivity contribution in [1.29, 1.82) is 0 Å². The molecule has 2 aromatic carbocycles. The summed E-state index contributed by atoms with van der Waals surface area (Å²) in [5.41, 5.74) is 3.38. The van der Waals surface area contributed by atoms with Crippen molar-refractivity contribution in [1.82, 2.24) is 19.8 Å². The van der Waals surface area contributed by atoms with Crippen LogP contribution in [0.1, 0.15) is 35.4 Å². The van der Waals surface area contributed by atoms with E-state index in [1.807, 2.05) is 31.5 Å². The first-order valence-electron chi connectivity index (χ1n) is 10.9. The number of hydrogen-bond donors (Lipinski definition) is 1. The SMILES string of the molecule is Cc1nccn1Cc1ccc(CNC(=O)C2CCCN(Cc3ccc(F)cc3)C2)cc1. The summed E-state index contributed by atoms with van der Waals surface area (Å²) < 4.78 is 15.2. The van der Waals surface area contributed by atoms with Crippen LogP contribution in [0.25, 0.3) is 0 Å². The summed E-state index contributed by atoms with van der Waals surface area (Å²) in [6.07, 6.45) is 5.70. The van der Waals surface area contributed by atoms with Gasteiger partial charge in [0.05, 0.1) is 5.92 Å². The minimum absolute atomic E-state index is 0.00214. The van der Waals surface area contributed by atoms with E-state index in [2.05, 4.69) is 44.0 Å². The first kappa shape index (κ1) is 21.2. The molecule has 162 valence electrons. The number of nitrogens with one attached hydrogen (secondary N) is 1. The zero-order valence-electron chi connectivity index (χ0n) is 17.9. The highest BCUT2D eigenvalue weighted by molar-refractivity contribution is 5.79. The summed E-state index contributed by atoms with van der Waals surface area (Å²) in [6, 6.07) is 15.0. The molecule has 3 aromatic rings. The van der Waals surface area contributed by atoms with Crippen LogP contribution >= 0.6 is 0 Å². The van der Waals surface area contributed by atoms with E-state index < -0.39 is 0 Å². The fourth-order valence-electron chi connectivity index (χ4n) is 4.12. The Morgan fingerprint density at radius 2 is 1.74 bits per heavy atom. The molecule has 1 fully saturated rings. The molecule has 1 aliphatic rings. The van der Waals surface area contributed by atoms with Crippen LogP contribution in [0.4, 0.5) is 4.39 Å². The topological polar surface area (TPSA) is 50.2 Å². The summed E-state index contributed by atoms with van der Waals surface area (Å²) in [5, 5.41) is 3.10. The van der Waals surface area contributed by atoms with Gasteiger partial charge in [-0.3, -0.25) is 9.69 Å². The summed E-state index contributed by atoms with van der Waals surface area (Å²) in [7, 11) is 0. The van der Waals surface area contributed by atoms with Gasteiger partial charge in [0.15, 0.2) is 0 Å². The molecule has 31 heavy (non-hydrogen) atoms. The summed E-state index contributed by atoms with van der Waals surface area (Å²) >= 11 is 0. The van der Waals surface area contributed by atoms with Crippen LogP contribution in [0, 0.1) is 18.7 Å². The second-order valence-corrected chi connectivity index (χ2v) is 8.34. The Hall–Kier alpha value is -2.99. The molecule has 1 aliphatic heterocycles. The Balaban J connectivity index is 1.26. The number of likely N-dealkylation sites (tertiary alicyclic amines) is 1. The molecule has 0 bridgehead atoms. The second kappa shape index (κ2) is 9.88. The van der Waals surface area contributed by atoms with Crippen molar-refractivity contribution in [3.05, 3.63) is 89.3 Å². The third kappa shape index (κ3) is 5.79. The van der Waals surface area contributed by atoms with E-state index >= 15 is 0 Å². The lowest BCUT2D eigenvalue weighted by Gasteiger charge is -2.32. The molecule has 1 amide bonds. The van der Waals surface area contributed by atoms with Crippen molar-refractivity contribution >= 4 is 5.91 Å². The quantitative estimate of drug-likeness (QED) is 0.631. The number of aryl methyl sites for hydroxylation is 1. The number of imidazole rings is 1. The third-order valence-corrected chi connectivity index (χ3v) is 5.96. The molecule has 0 spiro atoms. The van der Waals surface area contributed by atoms with Gasteiger partial charge in [0.2, 0.25) is 5.91 Å². The van der Waals surface area contributed by atoms with Crippen LogP contribution in [0.5, 0.6) is 0 Å². The first-order chi connectivity index (χ1) is 15.1. The molecular weight excluding hydrogens is 391 g/mol. The number of rotatable bonds is 7. The Bertz CT molecular complexity index is 997. The van der Waals surface area contributed by atoms with E-state index in [9.17, 15) is 9.18 Å². The number of carbonyl (C=O) groups is 1. The van der Waals surface area contributed by atoms with E-state index in [0.29, 0.717) is 6.54 Å². The van der Waals surface area contributed by atoms with Gasteiger partial charge in [0.1, 0.15) is 11.6 Å². The number of hydrogen-bond acceptors (Lipinski definition) is 3. The van der Waals surface area contributed by atoms with Crippen LogP contribution in [0.3, 0.4) is 0 Å². The first-order valence-corrected chi connectivity index (χ1v) is 10.9. The van der Waals surface area contributed by atoms with E-state index in [1.165, 1.54) is 17.7 Å². The van der Waals surface area contributed by atoms with E-state index in [-0.39, 0.29) is 17.6 Å². The minimum Gasteiger partial charge on any atom is -0.352 e. The Kier molecular flexibility index (Phi) is 6.77. The van der Waals surface area contributed by atoms with E-state index in [0.717, 1.165) is 56.0 Å². The third-order valence-electron chi connectivity index (χ3n) is 5.96. The predicted octanol–water partition coefficient (Wildman–Crippen LogP) is 3.91.